The summed E-state index contributed by atoms with van der Waals surface area (Å²) < 4.78 is 1.64. The van der Waals surface area contributed by atoms with E-state index in [1.54, 1.807) is 11.6 Å². The van der Waals surface area contributed by atoms with Gasteiger partial charge in [-0.1, -0.05) is 11.8 Å². The molecule has 1 fully saturated rings. The van der Waals surface area contributed by atoms with E-state index in [1.807, 2.05) is 0 Å². The number of carboxylic acid groups (broad SMARTS) is 1. The van der Waals surface area contributed by atoms with Gasteiger partial charge in [0.15, 0.2) is 0 Å². The van der Waals surface area contributed by atoms with E-state index in [9.17, 15) is 4.79 Å². The van der Waals surface area contributed by atoms with Crippen LogP contribution in [0.5, 0.6) is 0 Å². The molecule has 2 N–H and O–H groups in total. The fourth-order valence-corrected chi connectivity index (χ4v) is 2.04. The molecule has 1 aromatic heterocycles. The van der Waals surface area contributed by atoms with Crippen molar-refractivity contribution in [2.75, 3.05) is 6.54 Å². The number of aromatic nitrogens is 4. The number of thioether (sulfide) groups is 1. The quantitative estimate of drug-likeness (QED) is 0.663. The topological polar surface area (TPSA) is 92.9 Å². The van der Waals surface area contributed by atoms with Gasteiger partial charge in [0, 0.05) is 12.6 Å². The minimum absolute atomic E-state index is 0.545. The first-order valence-corrected chi connectivity index (χ1v) is 6.44. The first-order valence-electron chi connectivity index (χ1n) is 5.56. The molecular weight excluding hydrogens is 242 g/mol. The number of nitrogens with one attached hydrogen (secondary N) is 1. The van der Waals surface area contributed by atoms with Crippen LogP contribution in [0, 0.1) is 0 Å². The van der Waals surface area contributed by atoms with Gasteiger partial charge in [-0.25, -0.2) is 4.68 Å². The summed E-state index contributed by atoms with van der Waals surface area (Å²) in [6, 6.07) is 0.653. The van der Waals surface area contributed by atoms with Crippen LogP contribution >= 0.6 is 11.8 Å². The third-order valence-corrected chi connectivity index (χ3v) is 3.52. The van der Waals surface area contributed by atoms with Crippen LogP contribution in [0.1, 0.15) is 19.8 Å². The molecule has 2 rings (SSSR count). The molecule has 94 valence electrons. The van der Waals surface area contributed by atoms with E-state index >= 15 is 0 Å². The van der Waals surface area contributed by atoms with E-state index in [1.165, 1.54) is 12.8 Å². The lowest BCUT2D eigenvalue weighted by molar-refractivity contribution is -0.136. The highest BCUT2D eigenvalue weighted by atomic mass is 32.2. The molecule has 0 aliphatic heterocycles. The molecule has 1 unspecified atom stereocenters. The summed E-state index contributed by atoms with van der Waals surface area (Å²) in [6.45, 7) is 3.09. The number of hydrogen-bond acceptors (Lipinski definition) is 6. The molecule has 1 atom stereocenters. The first-order chi connectivity index (χ1) is 8.16. The molecule has 1 aliphatic rings. The maximum absolute atomic E-state index is 10.7. The Labute approximate surface area is 103 Å². The summed E-state index contributed by atoms with van der Waals surface area (Å²) in [7, 11) is 0. The van der Waals surface area contributed by atoms with E-state index in [-0.39, 0.29) is 0 Å². The van der Waals surface area contributed by atoms with Crippen LogP contribution in [0.3, 0.4) is 0 Å². The average Bonchev–Trinajstić information content (AvgIpc) is 3.00. The van der Waals surface area contributed by atoms with Gasteiger partial charge >= 0.3 is 5.97 Å². The summed E-state index contributed by atoms with van der Waals surface area (Å²) in [5.41, 5.74) is 0. The van der Waals surface area contributed by atoms with Crippen molar-refractivity contribution in [2.24, 2.45) is 0 Å². The van der Waals surface area contributed by atoms with Gasteiger partial charge in [-0.2, -0.15) is 0 Å². The zero-order valence-electron chi connectivity index (χ0n) is 9.54. The number of tetrazole rings is 1. The standard InChI is InChI=1S/C9H15N5O2S/c1-6(8(15)16)17-9-11-12-13-14(9)5-4-10-7-2-3-7/h6-7,10H,2-5H2,1H3,(H,15,16). The second-order valence-electron chi connectivity index (χ2n) is 4.01. The van der Waals surface area contributed by atoms with Gasteiger partial charge in [-0.3, -0.25) is 4.79 Å². The number of rotatable bonds is 7. The minimum Gasteiger partial charge on any atom is -0.480 e. The molecular formula is C9H15N5O2S. The van der Waals surface area contributed by atoms with E-state index in [2.05, 4.69) is 20.8 Å². The largest absolute Gasteiger partial charge is 0.480 e. The van der Waals surface area contributed by atoms with Crippen molar-refractivity contribution in [3.63, 3.8) is 0 Å². The van der Waals surface area contributed by atoms with Crippen LogP contribution in [0.2, 0.25) is 0 Å². The molecule has 1 aliphatic carbocycles. The fourth-order valence-electron chi connectivity index (χ4n) is 1.29. The second-order valence-corrected chi connectivity index (χ2v) is 5.32. The Balaban J connectivity index is 1.84. The van der Waals surface area contributed by atoms with Gasteiger partial charge in [0.1, 0.15) is 5.25 Å². The van der Waals surface area contributed by atoms with Crippen molar-refractivity contribution in [1.82, 2.24) is 25.5 Å². The monoisotopic (exact) mass is 257 g/mol. The third-order valence-electron chi connectivity index (χ3n) is 2.46. The van der Waals surface area contributed by atoms with Crippen LogP contribution in [-0.2, 0) is 11.3 Å². The minimum atomic E-state index is -0.861. The Bertz CT molecular complexity index is 392. The molecule has 0 amide bonds. The fraction of sp³-hybridized carbons (Fsp3) is 0.778. The Kier molecular flexibility index (Phi) is 3.95. The average molecular weight is 257 g/mol. The molecule has 1 heterocycles. The number of hydrogen-bond donors (Lipinski definition) is 2. The van der Waals surface area contributed by atoms with Crippen molar-refractivity contribution in [3.8, 4) is 0 Å². The number of aliphatic carboxylic acids is 1. The van der Waals surface area contributed by atoms with Crippen molar-refractivity contribution >= 4 is 17.7 Å². The maximum Gasteiger partial charge on any atom is 0.316 e. The smallest absolute Gasteiger partial charge is 0.316 e. The molecule has 0 spiro atoms. The number of carboxylic acids is 1. The summed E-state index contributed by atoms with van der Waals surface area (Å²) >= 11 is 1.16. The van der Waals surface area contributed by atoms with Crippen molar-refractivity contribution in [2.45, 2.75) is 42.8 Å². The SMILES string of the molecule is CC(Sc1nnnn1CCNC1CC1)C(=O)O. The molecule has 1 aromatic rings. The van der Waals surface area contributed by atoms with E-state index in [0.29, 0.717) is 17.7 Å². The van der Waals surface area contributed by atoms with Gasteiger partial charge in [0.25, 0.3) is 0 Å². The molecule has 0 bridgehead atoms. The lowest BCUT2D eigenvalue weighted by Gasteiger charge is -2.07. The molecule has 0 radical (unpaired) electrons. The highest BCUT2D eigenvalue weighted by Crippen LogP contribution is 2.20. The molecule has 8 heteroatoms. The van der Waals surface area contributed by atoms with Gasteiger partial charge in [-0.05, 0) is 30.2 Å². The van der Waals surface area contributed by atoms with Crippen LogP contribution in [-0.4, -0.2) is 49.1 Å². The molecule has 0 saturated heterocycles. The Morgan fingerprint density at radius 2 is 2.47 bits per heavy atom. The van der Waals surface area contributed by atoms with Gasteiger partial charge in [0.05, 0.1) is 6.54 Å². The summed E-state index contributed by atoms with van der Waals surface area (Å²) in [4.78, 5) is 10.7. The van der Waals surface area contributed by atoms with E-state index in [0.717, 1.165) is 18.3 Å². The molecule has 17 heavy (non-hydrogen) atoms. The third kappa shape index (κ3) is 3.67. The zero-order valence-corrected chi connectivity index (χ0v) is 10.4. The van der Waals surface area contributed by atoms with Crippen LogP contribution in [0.4, 0.5) is 0 Å². The van der Waals surface area contributed by atoms with E-state index in [4.69, 9.17) is 5.11 Å². The van der Waals surface area contributed by atoms with Crippen LogP contribution in [0.15, 0.2) is 5.16 Å². The Morgan fingerprint density at radius 1 is 1.71 bits per heavy atom. The maximum atomic E-state index is 10.7. The lowest BCUT2D eigenvalue weighted by Crippen LogP contribution is -2.23. The predicted octanol–water partition coefficient (Wildman–Crippen LogP) is -0.00970. The summed E-state index contributed by atoms with van der Waals surface area (Å²) in [5, 5.41) is 23.4. The number of carbonyl (C=O) groups is 1. The Hall–Kier alpha value is -1.15. The lowest BCUT2D eigenvalue weighted by atomic mass is 10.5. The van der Waals surface area contributed by atoms with Crippen molar-refractivity contribution in [3.05, 3.63) is 0 Å². The molecule has 0 aromatic carbocycles. The van der Waals surface area contributed by atoms with Crippen LogP contribution < -0.4 is 5.32 Å². The van der Waals surface area contributed by atoms with Crippen molar-refractivity contribution in [1.29, 1.82) is 0 Å². The van der Waals surface area contributed by atoms with E-state index < -0.39 is 11.2 Å². The summed E-state index contributed by atoms with van der Waals surface area (Å²) in [6.07, 6.45) is 2.49. The highest BCUT2D eigenvalue weighted by molar-refractivity contribution is 8.00. The molecule has 7 nitrogen and oxygen atoms in total. The van der Waals surface area contributed by atoms with Gasteiger partial charge in [0.2, 0.25) is 5.16 Å². The Morgan fingerprint density at radius 3 is 3.12 bits per heavy atom. The number of nitrogens with zero attached hydrogens (tertiary/aromatic N) is 4. The van der Waals surface area contributed by atoms with Gasteiger partial charge < -0.3 is 10.4 Å². The predicted molar refractivity (Wildman–Crippen MR) is 61.8 cm³/mol. The molecule has 1 saturated carbocycles. The van der Waals surface area contributed by atoms with Gasteiger partial charge in [-0.15, -0.1) is 5.10 Å². The first kappa shape index (κ1) is 12.3. The van der Waals surface area contributed by atoms with Crippen LogP contribution in [0.25, 0.3) is 0 Å². The van der Waals surface area contributed by atoms with Crippen molar-refractivity contribution < 1.29 is 9.90 Å². The normalized spacial score (nSPS) is 17.0. The highest BCUT2D eigenvalue weighted by Gasteiger charge is 2.21. The summed E-state index contributed by atoms with van der Waals surface area (Å²) in [5.74, 6) is -0.861. The zero-order chi connectivity index (χ0) is 12.3. The second kappa shape index (κ2) is 5.46.